The van der Waals surface area contributed by atoms with Crippen LogP contribution in [0.3, 0.4) is 0 Å². The summed E-state index contributed by atoms with van der Waals surface area (Å²) in [7, 11) is 0. The number of allylic oxidation sites excluding steroid dienone is 2. The molecular formula is C21H33NO3. The average molecular weight is 347 g/mol. The summed E-state index contributed by atoms with van der Waals surface area (Å²) < 4.78 is 0. The molecule has 0 saturated heterocycles. The zero-order valence-electron chi connectivity index (χ0n) is 16.2. The molecule has 25 heavy (non-hydrogen) atoms. The van der Waals surface area contributed by atoms with Crippen LogP contribution in [0.2, 0.25) is 0 Å². The van der Waals surface area contributed by atoms with E-state index in [1.54, 1.807) is 18.9 Å². The van der Waals surface area contributed by atoms with Gasteiger partial charge in [-0.2, -0.15) is 0 Å². The van der Waals surface area contributed by atoms with Crippen LogP contribution in [0.1, 0.15) is 65.4 Å². The van der Waals surface area contributed by atoms with Gasteiger partial charge in [-0.25, -0.2) is 4.79 Å². The smallest absolute Gasteiger partial charge is 0.224 e. The van der Waals surface area contributed by atoms with Crippen LogP contribution < -0.4 is 5.73 Å². The highest BCUT2D eigenvalue weighted by Gasteiger charge is 2.16. The van der Waals surface area contributed by atoms with Gasteiger partial charge in [-0.1, -0.05) is 56.2 Å². The summed E-state index contributed by atoms with van der Waals surface area (Å²) in [4.78, 5) is 29.7. The van der Waals surface area contributed by atoms with Crippen molar-refractivity contribution in [3.63, 3.8) is 0 Å². The summed E-state index contributed by atoms with van der Waals surface area (Å²) in [6, 6.07) is 9.76. The van der Waals surface area contributed by atoms with Crippen LogP contribution in [0.4, 0.5) is 0 Å². The molecule has 4 nitrogen and oxygen atoms in total. The van der Waals surface area contributed by atoms with Gasteiger partial charge in [0.1, 0.15) is 11.7 Å². The third-order valence-electron chi connectivity index (χ3n) is 2.51. The van der Waals surface area contributed by atoms with E-state index in [1.165, 1.54) is 19.9 Å². The number of hydrogen-bond donors (Lipinski definition) is 1. The van der Waals surface area contributed by atoms with E-state index in [2.05, 4.69) is 13.5 Å². The third-order valence-corrected chi connectivity index (χ3v) is 2.51. The van der Waals surface area contributed by atoms with Gasteiger partial charge in [0.25, 0.3) is 0 Å². The van der Waals surface area contributed by atoms with E-state index in [-0.39, 0.29) is 17.6 Å². The second kappa shape index (κ2) is 21.6. The molecule has 4 heteroatoms. The topological polar surface area (TPSA) is 77.2 Å². The van der Waals surface area contributed by atoms with E-state index >= 15 is 0 Å². The van der Waals surface area contributed by atoms with Crippen molar-refractivity contribution in [1.82, 2.24) is 0 Å². The molecule has 1 aromatic rings. The Morgan fingerprint density at radius 3 is 1.88 bits per heavy atom. The summed E-state index contributed by atoms with van der Waals surface area (Å²) in [6.45, 7) is 12.1. The van der Waals surface area contributed by atoms with Gasteiger partial charge in [0, 0.05) is 0 Å². The Balaban J connectivity index is -0.000000363. The molecule has 0 aromatic heterocycles. The van der Waals surface area contributed by atoms with Crippen molar-refractivity contribution in [2.24, 2.45) is 5.73 Å². The summed E-state index contributed by atoms with van der Waals surface area (Å²) in [5.41, 5.74) is 6.41. The summed E-state index contributed by atoms with van der Waals surface area (Å²) in [5, 5.41) is 0. The van der Waals surface area contributed by atoms with Gasteiger partial charge >= 0.3 is 0 Å². The Hall–Kier alpha value is -2.45. The van der Waals surface area contributed by atoms with E-state index in [0.29, 0.717) is 0 Å². The third kappa shape index (κ3) is 23.9. The number of amides is 1. The first-order valence-corrected chi connectivity index (χ1v) is 8.36. The zero-order chi connectivity index (χ0) is 20.1. The maximum atomic E-state index is 11.2. The fourth-order valence-corrected chi connectivity index (χ4v) is 1.57. The Labute approximate surface area is 152 Å². The van der Waals surface area contributed by atoms with Crippen molar-refractivity contribution >= 4 is 17.6 Å². The predicted molar refractivity (Wildman–Crippen MR) is 106 cm³/mol. The second-order valence-corrected chi connectivity index (χ2v) is 5.23. The molecule has 1 aromatic carbocycles. The molecule has 0 aliphatic carbocycles. The molecule has 1 amide bonds. The van der Waals surface area contributed by atoms with Crippen LogP contribution in [0.5, 0.6) is 0 Å². The number of ketones is 1. The fraction of sp³-hybridized carbons (Fsp3) is 0.429. The Morgan fingerprint density at radius 2 is 1.60 bits per heavy atom. The number of carbonyl (C=O) groups is 2. The normalized spacial score (nSPS) is 9.16. The monoisotopic (exact) mass is 347 g/mol. The number of carbonyl (C=O) groups excluding carboxylic acids is 3. The highest BCUT2D eigenvalue weighted by Crippen LogP contribution is 2.21. The molecule has 0 radical (unpaired) electrons. The summed E-state index contributed by atoms with van der Waals surface area (Å²) in [6.07, 6.45) is 6.06. The SMILES string of the molecule is C=CC.CC(C)=O.CC=C=O.CCCCC(C(N)=O)c1ccccc1. The van der Waals surface area contributed by atoms with Gasteiger partial charge in [0.05, 0.1) is 5.92 Å². The Morgan fingerprint density at radius 1 is 1.20 bits per heavy atom. The van der Waals surface area contributed by atoms with Crippen molar-refractivity contribution in [2.75, 3.05) is 0 Å². The summed E-state index contributed by atoms with van der Waals surface area (Å²) in [5.74, 6) is 1.39. The Kier molecular flexibility index (Phi) is 23.6. The molecular weight excluding hydrogens is 314 g/mol. The lowest BCUT2D eigenvalue weighted by Crippen LogP contribution is -2.21. The van der Waals surface area contributed by atoms with E-state index < -0.39 is 0 Å². The molecule has 1 unspecified atom stereocenters. The van der Waals surface area contributed by atoms with Crippen molar-refractivity contribution in [1.29, 1.82) is 0 Å². The molecule has 0 saturated carbocycles. The van der Waals surface area contributed by atoms with Crippen LogP contribution in [0, 0.1) is 0 Å². The minimum absolute atomic E-state index is 0.115. The number of benzene rings is 1. The number of primary amides is 1. The minimum Gasteiger partial charge on any atom is -0.369 e. The molecule has 0 heterocycles. The van der Waals surface area contributed by atoms with Crippen LogP contribution in [0.25, 0.3) is 0 Å². The van der Waals surface area contributed by atoms with Gasteiger partial charge in [0.15, 0.2) is 0 Å². The van der Waals surface area contributed by atoms with Crippen molar-refractivity contribution < 1.29 is 14.4 Å². The molecule has 0 aliphatic heterocycles. The maximum Gasteiger partial charge on any atom is 0.224 e. The Bertz CT molecular complexity index is 499. The van der Waals surface area contributed by atoms with Gasteiger partial charge in [-0.3, -0.25) is 4.79 Å². The van der Waals surface area contributed by atoms with Gasteiger partial charge in [-0.15, -0.1) is 6.58 Å². The number of Topliss-reactive ketones (excluding diaryl/α,β-unsaturated/α-hetero) is 1. The fourth-order valence-electron chi connectivity index (χ4n) is 1.57. The number of unbranched alkanes of at least 4 members (excludes halogenated alkanes) is 1. The second-order valence-electron chi connectivity index (χ2n) is 5.23. The van der Waals surface area contributed by atoms with Gasteiger partial charge in [-0.05, 0) is 45.8 Å². The quantitative estimate of drug-likeness (QED) is 0.623. The molecule has 0 spiro atoms. The molecule has 1 rings (SSSR count). The first-order chi connectivity index (χ1) is 11.8. The highest BCUT2D eigenvalue weighted by atomic mass is 16.1. The van der Waals surface area contributed by atoms with Crippen LogP contribution in [-0.4, -0.2) is 17.6 Å². The first kappa shape index (κ1) is 27.4. The molecule has 1 atom stereocenters. The summed E-state index contributed by atoms with van der Waals surface area (Å²) >= 11 is 0. The predicted octanol–water partition coefficient (Wildman–Crippen LogP) is 4.63. The van der Waals surface area contributed by atoms with E-state index in [1.807, 2.05) is 37.3 Å². The van der Waals surface area contributed by atoms with E-state index in [0.717, 1.165) is 24.8 Å². The standard InChI is InChI=1S/C12H17NO.C3H6O.C3H4O.C3H6/c1-2-3-9-11(12(13)14)10-7-5-4-6-8-10;1-3(2)4;1-2-3-4;1-3-2/h4-8,11H,2-3,9H2,1H3,(H2,13,14);1-2H3;2H,1H3;3H,1H2,2H3. The van der Waals surface area contributed by atoms with Crippen LogP contribution >= 0.6 is 0 Å². The molecule has 0 bridgehead atoms. The molecule has 140 valence electrons. The van der Waals surface area contributed by atoms with E-state index in [9.17, 15) is 9.59 Å². The first-order valence-electron chi connectivity index (χ1n) is 8.36. The van der Waals surface area contributed by atoms with Crippen molar-refractivity contribution in [3.8, 4) is 0 Å². The lowest BCUT2D eigenvalue weighted by atomic mass is 9.93. The van der Waals surface area contributed by atoms with Crippen molar-refractivity contribution in [3.05, 3.63) is 54.6 Å². The largest absolute Gasteiger partial charge is 0.369 e. The zero-order valence-corrected chi connectivity index (χ0v) is 16.2. The highest BCUT2D eigenvalue weighted by molar-refractivity contribution is 5.81. The maximum absolute atomic E-state index is 11.2. The van der Waals surface area contributed by atoms with Crippen LogP contribution in [0.15, 0.2) is 49.1 Å². The van der Waals surface area contributed by atoms with Crippen LogP contribution in [-0.2, 0) is 14.4 Å². The molecule has 0 fully saturated rings. The average Bonchev–Trinajstić information content (AvgIpc) is 2.56. The molecule has 0 aliphatic rings. The number of hydrogen-bond acceptors (Lipinski definition) is 3. The number of nitrogens with two attached hydrogens (primary N) is 1. The van der Waals surface area contributed by atoms with Gasteiger partial charge in [0.2, 0.25) is 5.91 Å². The molecule has 2 N–H and O–H groups in total. The van der Waals surface area contributed by atoms with E-state index in [4.69, 9.17) is 10.5 Å². The minimum atomic E-state index is -0.218. The lowest BCUT2D eigenvalue weighted by molar-refractivity contribution is -0.119. The number of rotatable bonds is 5. The lowest BCUT2D eigenvalue weighted by Gasteiger charge is -2.12. The van der Waals surface area contributed by atoms with Gasteiger partial charge < -0.3 is 10.5 Å². The van der Waals surface area contributed by atoms with Crippen molar-refractivity contribution in [2.45, 2.75) is 59.8 Å².